The Morgan fingerprint density at radius 2 is 2.14 bits per heavy atom. The average molecular weight is 142 g/mol. The number of nitrogens with zero attached hydrogens (tertiary/aromatic N) is 1. The molecule has 0 fully saturated rings. The zero-order valence-electron chi connectivity index (χ0n) is 3.77. The molecule has 0 bridgehead atoms. The first-order valence-electron chi connectivity index (χ1n) is 1.74. The second kappa shape index (κ2) is 3.24. The zero-order valence-corrected chi connectivity index (χ0v) is 5.28. The number of carbonyl (C=O) groups is 1. The van der Waals surface area contributed by atoms with Crippen molar-refractivity contribution in [2.75, 3.05) is 0 Å². The summed E-state index contributed by atoms with van der Waals surface area (Å²) in [5.41, 5.74) is 0. The third-order valence-corrected chi connectivity index (χ3v) is 1.12. The molecule has 0 aliphatic rings. The van der Waals surface area contributed by atoms with Gasteiger partial charge in [-0.1, -0.05) is 0 Å². The number of rotatable bonds is 2. The smallest absolute Gasteiger partial charge is 0.139 e. The number of halogens is 2. The molecule has 0 aliphatic heterocycles. The Kier molecular flexibility index (Phi) is 3.34. The lowest BCUT2D eigenvalue weighted by molar-refractivity contribution is -0.109. The highest BCUT2D eigenvalue weighted by atomic mass is 35.5. The van der Waals surface area contributed by atoms with Crippen LogP contribution in [0, 0.1) is 0 Å². The molecule has 1 atom stereocenters. The van der Waals surface area contributed by atoms with Gasteiger partial charge in [0, 0.05) is 0 Å². The van der Waals surface area contributed by atoms with Crippen molar-refractivity contribution >= 4 is 29.8 Å². The van der Waals surface area contributed by atoms with E-state index in [2.05, 4.69) is 0 Å². The Morgan fingerprint density at radius 3 is 2.14 bits per heavy atom. The summed E-state index contributed by atoms with van der Waals surface area (Å²) in [6.45, 7) is 1.59. The van der Waals surface area contributed by atoms with Crippen molar-refractivity contribution in [3.05, 3.63) is 0 Å². The summed E-state index contributed by atoms with van der Waals surface area (Å²) >= 11 is 10.2. The van der Waals surface area contributed by atoms with Crippen molar-refractivity contribution in [1.29, 1.82) is 0 Å². The number of hydrogen-bond acceptors (Lipinski definition) is 2. The first kappa shape index (κ1) is 7.21. The third-order valence-electron chi connectivity index (χ3n) is 0.505. The molecule has 7 heavy (non-hydrogen) atoms. The van der Waals surface area contributed by atoms with Crippen LogP contribution in [0.15, 0.2) is 0 Å². The van der Waals surface area contributed by atoms with E-state index < -0.39 is 6.04 Å². The number of aldehydes is 1. The molecule has 0 aromatic carbocycles. The van der Waals surface area contributed by atoms with Gasteiger partial charge in [0.25, 0.3) is 0 Å². The van der Waals surface area contributed by atoms with Gasteiger partial charge in [-0.3, -0.25) is 0 Å². The number of carbonyl (C=O) groups excluding carboxylic acids is 1. The van der Waals surface area contributed by atoms with E-state index in [9.17, 15) is 4.79 Å². The van der Waals surface area contributed by atoms with Crippen LogP contribution in [-0.4, -0.2) is 16.3 Å². The van der Waals surface area contributed by atoms with Gasteiger partial charge in [-0.2, -0.15) is 0 Å². The van der Waals surface area contributed by atoms with E-state index in [-0.39, 0.29) is 0 Å². The quantitative estimate of drug-likeness (QED) is 0.426. The van der Waals surface area contributed by atoms with Gasteiger partial charge in [0.15, 0.2) is 0 Å². The van der Waals surface area contributed by atoms with E-state index in [1.54, 1.807) is 6.92 Å². The van der Waals surface area contributed by atoms with Crippen LogP contribution in [0.1, 0.15) is 6.92 Å². The van der Waals surface area contributed by atoms with Crippen molar-refractivity contribution in [2.45, 2.75) is 13.0 Å². The maximum absolute atomic E-state index is 9.74. The summed E-state index contributed by atoms with van der Waals surface area (Å²) in [4.78, 5) is 9.74. The van der Waals surface area contributed by atoms with Crippen molar-refractivity contribution in [1.82, 2.24) is 3.94 Å². The SMILES string of the molecule is C[C@@H](C=O)N(Cl)Cl. The molecule has 0 aromatic heterocycles. The van der Waals surface area contributed by atoms with Gasteiger partial charge < -0.3 is 4.79 Å². The van der Waals surface area contributed by atoms with E-state index in [1.165, 1.54) is 0 Å². The Labute approximate surface area is 52.2 Å². The molecule has 2 nitrogen and oxygen atoms in total. The highest BCUT2D eigenvalue weighted by Crippen LogP contribution is 2.02. The van der Waals surface area contributed by atoms with Crippen LogP contribution in [0.2, 0.25) is 0 Å². The van der Waals surface area contributed by atoms with Gasteiger partial charge in [0.05, 0.1) is 6.04 Å². The third kappa shape index (κ3) is 2.85. The van der Waals surface area contributed by atoms with Crippen LogP contribution in [0.3, 0.4) is 0 Å². The second-order valence-electron chi connectivity index (χ2n) is 1.14. The lowest BCUT2D eigenvalue weighted by Gasteiger charge is -2.03. The first-order chi connectivity index (χ1) is 3.18. The van der Waals surface area contributed by atoms with E-state index in [1.807, 2.05) is 0 Å². The Hall–Kier alpha value is 0.210. The molecule has 0 rings (SSSR count). The van der Waals surface area contributed by atoms with Gasteiger partial charge in [-0.25, -0.2) is 0 Å². The molecular formula is C3H5Cl2NO. The van der Waals surface area contributed by atoms with Crippen molar-refractivity contribution in [2.24, 2.45) is 0 Å². The minimum Gasteiger partial charge on any atom is -0.302 e. The molecule has 0 saturated heterocycles. The Balaban J connectivity index is 3.33. The van der Waals surface area contributed by atoms with Crippen molar-refractivity contribution in [3.8, 4) is 0 Å². The number of hydrogen-bond donors (Lipinski definition) is 0. The summed E-state index contributed by atoms with van der Waals surface area (Å²) in [6, 6.07) is -0.414. The van der Waals surface area contributed by atoms with Gasteiger partial charge in [0.2, 0.25) is 0 Å². The second-order valence-corrected chi connectivity index (χ2v) is 2.04. The van der Waals surface area contributed by atoms with E-state index in [0.29, 0.717) is 6.29 Å². The standard InChI is InChI=1S/C3H5Cl2NO/c1-3(2-7)6(4)5/h2-3H,1H3/t3-/m0/s1. The molecule has 42 valence electrons. The van der Waals surface area contributed by atoms with Crippen molar-refractivity contribution in [3.63, 3.8) is 0 Å². The van der Waals surface area contributed by atoms with Gasteiger partial charge in [-0.15, -0.1) is 3.94 Å². The highest BCUT2D eigenvalue weighted by molar-refractivity contribution is 6.34. The molecule has 0 aliphatic carbocycles. The van der Waals surface area contributed by atoms with Crippen LogP contribution < -0.4 is 0 Å². The van der Waals surface area contributed by atoms with Crippen LogP contribution in [0.4, 0.5) is 0 Å². The van der Waals surface area contributed by atoms with Crippen LogP contribution in [-0.2, 0) is 4.79 Å². The molecule has 0 aromatic rings. The molecule has 0 N–H and O–H groups in total. The first-order valence-corrected chi connectivity index (χ1v) is 2.42. The minimum atomic E-state index is -0.414. The molecule has 4 heteroatoms. The summed E-state index contributed by atoms with van der Waals surface area (Å²) in [5, 5.41) is 0. The van der Waals surface area contributed by atoms with E-state index in [0.717, 1.165) is 3.94 Å². The topological polar surface area (TPSA) is 20.3 Å². The molecule has 0 heterocycles. The lowest BCUT2D eigenvalue weighted by Crippen LogP contribution is -2.15. The zero-order chi connectivity index (χ0) is 5.86. The lowest BCUT2D eigenvalue weighted by atomic mass is 10.4. The Morgan fingerprint density at radius 1 is 1.71 bits per heavy atom. The summed E-state index contributed by atoms with van der Waals surface area (Å²) in [7, 11) is 0. The minimum absolute atomic E-state index is 0.414. The monoisotopic (exact) mass is 141 g/mol. The molecule has 0 radical (unpaired) electrons. The molecule has 0 amide bonds. The maximum atomic E-state index is 9.74. The van der Waals surface area contributed by atoms with Crippen LogP contribution in [0.5, 0.6) is 0 Å². The molecule has 0 spiro atoms. The normalized spacial score (nSPS) is 14.3. The fourth-order valence-corrected chi connectivity index (χ4v) is 0.138. The molecule has 0 saturated carbocycles. The highest BCUT2D eigenvalue weighted by Gasteiger charge is 2.03. The fraction of sp³-hybridized carbons (Fsp3) is 0.667. The van der Waals surface area contributed by atoms with Gasteiger partial charge >= 0.3 is 0 Å². The fourth-order valence-electron chi connectivity index (χ4n) is 0.0460. The Bertz CT molecular complexity index is 66.0. The summed E-state index contributed by atoms with van der Waals surface area (Å²) < 4.78 is 0.799. The van der Waals surface area contributed by atoms with E-state index in [4.69, 9.17) is 23.6 Å². The molecular weight excluding hydrogens is 137 g/mol. The average Bonchev–Trinajstić information content (AvgIpc) is 1.65. The van der Waals surface area contributed by atoms with E-state index >= 15 is 0 Å². The maximum Gasteiger partial charge on any atom is 0.139 e. The summed E-state index contributed by atoms with van der Waals surface area (Å²) in [6.07, 6.45) is 0.653. The predicted molar refractivity (Wildman–Crippen MR) is 29.1 cm³/mol. The van der Waals surface area contributed by atoms with Gasteiger partial charge in [0.1, 0.15) is 6.29 Å². The van der Waals surface area contributed by atoms with Crippen molar-refractivity contribution < 1.29 is 4.79 Å². The van der Waals surface area contributed by atoms with Gasteiger partial charge in [-0.05, 0) is 30.5 Å². The van der Waals surface area contributed by atoms with Crippen LogP contribution >= 0.6 is 23.6 Å². The predicted octanol–water partition coefficient (Wildman–Crippen LogP) is 1.18. The molecule has 0 unspecified atom stereocenters. The largest absolute Gasteiger partial charge is 0.302 e. The summed E-state index contributed by atoms with van der Waals surface area (Å²) in [5.74, 6) is 0. The van der Waals surface area contributed by atoms with Crippen LogP contribution in [0.25, 0.3) is 0 Å².